The molecule has 0 atom stereocenters. The summed E-state index contributed by atoms with van der Waals surface area (Å²) in [6.07, 6.45) is 0. The normalized spacial score (nSPS) is 1.00. The maximum Gasteiger partial charge on any atom is 0 e. The fourth-order valence-electron chi connectivity index (χ4n) is 0. The van der Waals surface area contributed by atoms with Crippen LogP contribution < -0.4 is 0 Å². The van der Waals surface area contributed by atoms with Crippen LogP contribution in [0, 0.1) is 0 Å². The van der Waals surface area contributed by atoms with Gasteiger partial charge in [0.2, 0.25) is 0 Å². The molecule has 0 aliphatic carbocycles. The Morgan fingerprint density at radius 2 is 1.25 bits per heavy atom. The van der Waals surface area contributed by atoms with Crippen molar-refractivity contribution in [3.63, 3.8) is 0 Å². The van der Waals surface area contributed by atoms with E-state index in [2.05, 4.69) is 24.9 Å². The molecule has 0 heterocycles. The van der Waals surface area contributed by atoms with Crippen molar-refractivity contribution in [3.8, 4) is 0 Å². The van der Waals surface area contributed by atoms with Crippen molar-refractivity contribution in [3.05, 3.63) is 0 Å². The van der Waals surface area contributed by atoms with Gasteiger partial charge in [-0.15, -0.1) is 0 Å². The average Bonchev–Trinajstić information content (AvgIpc) is 1.00. The van der Waals surface area contributed by atoms with Crippen molar-refractivity contribution in [2.45, 2.75) is 0 Å². The van der Waals surface area contributed by atoms with Gasteiger partial charge in [-0.1, -0.05) is 0 Å². The van der Waals surface area contributed by atoms with Crippen LogP contribution in [0.1, 0.15) is 0 Å². The van der Waals surface area contributed by atoms with Crippen LogP contribution in [0.4, 0.5) is 0 Å². The summed E-state index contributed by atoms with van der Waals surface area (Å²) >= 11 is 2.21. The van der Waals surface area contributed by atoms with E-state index in [1.807, 2.05) is 0 Å². The van der Waals surface area contributed by atoms with Crippen LogP contribution in [-0.2, 0) is 36.5 Å². The Hall–Kier alpha value is 1.88. The minimum atomic E-state index is 0. The summed E-state index contributed by atoms with van der Waals surface area (Å²) in [5.74, 6) is 0. The maximum atomic E-state index is 3.96. The molecule has 0 unspecified atom stereocenters. The largest absolute Gasteiger partial charge is 0 e. The Kier molecular flexibility index (Phi) is 87.6. The van der Waals surface area contributed by atoms with Gasteiger partial charge in [0.15, 0.2) is 0 Å². The SMILES string of the molecule is S=[Se].[Cu].[Zn]. The zero-order valence-corrected chi connectivity index (χ0v) is 8.26. The van der Waals surface area contributed by atoms with Crippen LogP contribution in [0.15, 0.2) is 0 Å². The molecule has 25 valence electrons. The van der Waals surface area contributed by atoms with Gasteiger partial charge in [-0.25, -0.2) is 0 Å². The van der Waals surface area contributed by atoms with Gasteiger partial charge in [0, 0.05) is 36.5 Å². The summed E-state index contributed by atoms with van der Waals surface area (Å²) < 4.78 is 0. The van der Waals surface area contributed by atoms with Gasteiger partial charge in [0.05, 0.1) is 0 Å². The van der Waals surface area contributed by atoms with Crippen LogP contribution in [0.25, 0.3) is 0 Å². The molecule has 0 spiro atoms. The summed E-state index contributed by atoms with van der Waals surface area (Å²) in [5.41, 5.74) is 0. The summed E-state index contributed by atoms with van der Waals surface area (Å²) in [7, 11) is 3.96. The molecule has 0 aliphatic rings. The smallest absolute Gasteiger partial charge is 0 e. The standard InChI is InChI=1S/Cu.SSe.Zn/c;1-2;. The van der Waals surface area contributed by atoms with Crippen molar-refractivity contribution >= 4 is 24.9 Å². The fraction of sp³-hybridized carbons (Fsp3) is 0. The second kappa shape index (κ2) is 20.8. The monoisotopic (exact) mass is 239 g/mol. The van der Waals surface area contributed by atoms with Crippen LogP contribution in [0.5, 0.6) is 0 Å². The molecule has 0 bridgehead atoms. The first kappa shape index (κ1) is 16.9. The van der Waals surface area contributed by atoms with E-state index in [0.29, 0.717) is 0 Å². The second-order valence-electron chi connectivity index (χ2n) is 0. The van der Waals surface area contributed by atoms with Crippen molar-refractivity contribution < 1.29 is 36.5 Å². The quantitative estimate of drug-likeness (QED) is 0.547. The van der Waals surface area contributed by atoms with E-state index in [1.165, 1.54) is 0 Å². The second-order valence-corrected chi connectivity index (χ2v) is 0. The Labute approximate surface area is 61.0 Å². The van der Waals surface area contributed by atoms with Crippen LogP contribution in [-0.4, -0.2) is 14.4 Å². The van der Waals surface area contributed by atoms with E-state index < -0.39 is 0 Å². The average molecular weight is 240 g/mol. The van der Waals surface area contributed by atoms with Gasteiger partial charge in [-0.2, -0.15) is 0 Å². The minimum Gasteiger partial charge on any atom is 0 e. The van der Waals surface area contributed by atoms with Crippen LogP contribution in [0.3, 0.4) is 0 Å². The molecule has 0 nitrogen and oxygen atoms in total. The first-order valence-electron chi connectivity index (χ1n) is 0.167. The molecule has 0 aromatic heterocycles. The Morgan fingerprint density at radius 1 is 1.25 bits per heavy atom. The summed E-state index contributed by atoms with van der Waals surface area (Å²) in [6, 6.07) is 0. The molecular formula is CuSSeZn. The number of hydrogen-bond acceptors (Lipinski definition) is 1. The zero-order chi connectivity index (χ0) is 2.00. The molecule has 4 heteroatoms. The van der Waals surface area contributed by atoms with E-state index in [4.69, 9.17) is 0 Å². The van der Waals surface area contributed by atoms with E-state index in [1.54, 1.807) is 0 Å². The van der Waals surface area contributed by atoms with Gasteiger partial charge < -0.3 is 0 Å². The van der Waals surface area contributed by atoms with E-state index in [-0.39, 0.29) is 36.5 Å². The first-order valence-corrected chi connectivity index (χ1v) is 2.60. The zero-order valence-electron chi connectivity index (χ0n) is 1.83. The Bertz CT molecular complexity index is 8.00. The molecule has 0 N–H and O–H groups in total. The minimum absolute atomic E-state index is 0. The molecule has 0 saturated heterocycles. The predicted molar refractivity (Wildman–Crippen MR) is 13.3 cm³/mol. The van der Waals surface area contributed by atoms with Gasteiger partial charge in [0.25, 0.3) is 0 Å². The Morgan fingerprint density at radius 3 is 1.25 bits per heavy atom. The van der Waals surface area contributed by atoms with Gasteiger partial charge >= 0.3 is 24.9 Å². The third-order valence-electron chi connectivity index (χ3n) is 0. The molecule has 0 amide bonds. The summed E-state index contributed by atoms with van der Waals surface area (Å²) in [4.78, 5) is 0. The van der Waals surface area contributed by atoms with Gasteiger partial charge in [-0.3, -0.25) is 0 Å². The van der Waals surface area contributed by atoms with Crippen LogP contribution >= 0.6 is 10.6 Å². The molecule has 1 radical (unpaired) electrons. The summed E-state index contributed by atoms with van der Waals surface area (Å²) in [6.45, 7) is 0. The van der Waals surface area contributed by atoms with Crippen molar-refractivity contribution in [2.75, 3.05) is 0 Å². The molecule has 0 aliphatic heterocycles. The number of hydrogen-bond donors (Lipinski definition) is 0. The van der Waals surface area contributed by atoms with Gasteiger partial charge in [-0.05, 0) is 0 Å². The molecule has 0 fully saturated rings. The molecule has 0 aromatic carbocycles. The maximum absolute atomic E-state index is 3.96. The molecule has 0 rings (SSSR count). The van der Waals surface area contributed by atoms with Crippen molar-refractivity contribution in [2.24, 2.45) is 0 Å². The molecular weight excluding hydrogens is 240 g/mol. The third kappa shape index (κ3) is 9.10. The topological polar surface area (TPSA) is 0 Å². The van der Waals surface area contributed by atoms with Crippen LogP contribution in [0.2, 0.25) is 0 Å². The molecule has 4 heavy (non-hydrogen) atoms. The summed E-state index contributed by atoms with van der Waals surface area (Å²) in [5, 5.41) is 0. The van der Waals surface area contributed by atoms with Crippen molar-refractivity contribution in [1.29, 1.82) is 0 Å². The van der Waals surface area contributed by atoms with E-state index in [9.17, 15) is 0 Å². The molecule has 0 saturated carbocycles. The predicted octanol–water partition coefficient (Wildman–Crippen LogP) is 0.262. The fourth-order valence-corrected chi connectivity index (χ4v) is 0. The first-order chi connectivity index (χ1) is 1.00. The van der Waals surface area contributed by atoms with E-state index >= 15 is 0 Å². The van der Waals surface area contributed by atoms with E-state index in [0.717, 1.165) is 0 Å². The Balaban J connectivity index is -0.00000000500. The molecule has 0 aromatic rings. The third-order valence-corrected chi connectivity index (χ3v) is 0. The van der Waals surface area contributed by atoms with Crippen molar-refractivity contribution in [1.82, 2.24) is 0 Å². The number of rotatable bonds is 0. The van der Waals surface area contributed by atoms with Gasteiger partial charge in [0.1, 0.15) is 0 Å².